The molecule has 0 spiro atoms. The third kappa shape index (κ3) is 1.37. The van der Waals surface area contributed by atoms with Crippen LogP contribution in [0.15, 0.2) is 0 Å². The quantitative estimate of drug-likeness (QED) is 0.565. The van der Waals surface area contributed by atoms with Gasteiger partial charge in [0.1, 0.15) is 0 Å². The highest BCUT2D eigenvalue weighted by Crippen LogP contribution is 2.31. The van der Waals surface area contributed by atoms with Gasteiger partial charge in [0.2, 0.25) is 0 Å². The molecule has 12 heavy (non-hydrogen) atoms. The van der Waals surface area contributed by atoms with Crippen LogP contribution in [0, 0.1) is 5.92 Å². The molecule has 2 N–H and O–H groups in total. The molecule has 0 aromatic rings. The van der Waals surface area contributed by atoms with E-state index in [9.17, 15) is 5.11 Å². The molecule has 0 bridgehead atoms. The van der Waals surface area contributed by atoms with Gasteiger partial charge >= 0.3 is 0 Å². The van der Waals surface area contributed by atoms with Crippen molar-refractivity contribution in [1.82, 2.24) is 10.2 Å². The van der Waals surface area contributed by atoms with Gasteiger partial charge in [-0.25, -0.2) is 0 Å². The van der Waals surface area contributed by atoms with E-state index in [1.54, 1.807) is 0 Å². The Balaban J connectivity index is 1.92. The van der Waals surface area contributed by atoms with Crippen LogP contribution in [0.2, 0.25) is 0 Å². The maximum atomic E-state index is 10.2. The van der Waals surface area contributed by atoms with E-state index in [2.05, 4.69) is 17.3 Å². The topological polar surface area (TPSA) is 35.5 Å². The lowest BCUT2D eigenvalue weighted by molar-refractivity contribution is -0.0785. The number of rotatable bonds is 1. The van der Waals surface area contributed by atoms with Crippen LogP contribution in [0.5, 0.6) is 0 Å². The summed E-state index contributed by atoms with van der Waals surface area (Å²) in [6, 6.07) is 0. The minimum Gasteiger partial charge on any atom is -0.389 e. The van der Waals surface area contributed by atoms with Crippen LogP contribution in [-0.2, 0) is 0 Å². The first-order valence-electron chi connectivity index (χ1n) is 4.82. The zero-order valence-corrected chi connectivity index (χ0v) is 7.71. The Hall–Kier alpha value is -0.120. The number of piperidine rings is 1. The summed E-state index contributed by atoms with van der Waals surface area (Å²) in [4.78, 5) is 2.29. The number of nitrogens with one attached hydrogen (secondary N) is 1. The average Bonchev–Trinajstić information content (AvgIpc) is 1.92. The molecule has 3 nitrogen and oxygen atoms in total. The maximum Gasteiger partial charge on any atom is 0.0724 e. The number of hydrogen-bond donors (Lipinski definition) is 2. The van der Waals surface area contributed by atoms with E-state index in [0.29, 0.717) is 5.92 Å². The van der Waals surface area contributed by atoms with Crippen molar-refractivity contribution < 1.29 is 5.11 Å². The highest BCUT2D eigenvalue weighted by Gasteiger charge is 2.41. The fourth-order valence-electron chi connectivity index (χ4n) is 2.08. The number of hydrogen-bond acceptors (Lipinski definition) is 3. The van der Waals surface area contributed by atoms with Crippen molar-refractivity contribution in [2.24, 2.45) is 5.92 Å². The molecule has 2 aliphatic rings. The van der Waals surface area contributed by atoms with Gasteiger partial charge in [-0.1, -0.05) is 0 Å². The normalized spacial score (nSPS) is 31.5. The Kier molecular flexibility index (Phi) is 2.10. The number of nitrogens with zero attached hydrogens (tertiary/aromatic N) is 1. The van der Waals surface area contributed by atoms with Crippen LogP contribution in [0.1, 0.15) is 12.8 Å². The molecule has 3 heteroatoms. The standard InChI is InChI=1S/C9H18N2O/c1-11-4-2-9(12,3-5-11)8-6-10-7-8/h8,10,12H,2-7H2,1H3. The van der Waals surface area contributed by atoms with Crippen molar-refractivity contribution in [1.29, 1.82) is 0 Å². The average molecular weight is 170 g/mol. The largest absolute Gasteiger partial charge is 0.389 e. The Morgan fingerprint density at radius 2 is 1.92 bits per heavy atom. The fourth-order valence-corrected chi connectivity index (χ4v) is 2.08. The molecule has 2 rings (SSSR count). The molecular formula is C9H18N2O. The van der Waals surface area contributed by atoms with Crippen molar-refractivity contribution in [2.45, 2.75) is 18.4 Å². The zero-order valence-electron chi connectivity index (χ0n) is 7.71. The van der Waals surface area contributed by atoms with Gasteiger partial charge in [0.05, 0.1) is 5.60 Å². The highest BCUT2D eigenvalue weighted by atomic mass is 16.3. The molecule has 0 aromatic heterocycles. The predicted octanol–water partition coefficient (Wildman–Crippen LogP) is -0.338. The molecule has 0 radical (unpaired) electrons. The second-order valence-electron chi connectivity index (χ2n) is 4.26. The summed E-state index contributed by atoms with van der Waals surface area (Å²) in [6.45, 7) is 4.13. The van der Waals surface area contributed by atoms with E-state index in [0.717, 1.165) is 39.0 Å². The minimum atomic E-state index is -0.349. The fraction of sp³-hybridized carbons (Fsp3) is 1.00. The molecule has 0 amide bonds. The van der Waals surface area contributed by atoms with Crippen molar-refractivity contribution in [3.8, 4) is 0 Å². The monoisotopic (exact) mass is 170 g/mol. The summed E-state index contributed by atoms with van der Waals surface area (Å²) in [5, 5.41) is 13.5. The Labute approximate surface area is 73.8 Å². The van der Waals surface area contributed by atoms with Gasteiger partial charge in [0, 0.05) is 32.1 Å². The molecule has 0 aliphatic carbocycles. The summed E-state index contributed by atoms with van der Waals surface area (Å²) >= 11 is 0. The minimum absolute atomic E-state index is 0.349. The second-order valence-corrected chi connectivity index (χ2v) is 4.26. The molecule has 0 aromatic carbocycles. The van der Waals surface area contributed by atoms with Crippen LogP contribution in [0.4, 0.5) is 0 Å². The first-order chi connectivity index (χ1) is 5.71. The third-order valence-electron chi connectivity index (χ3n) is 3.39. The molecule has 2 aliphatic heterocycles. The van der Waals surface area contributed by atoms with Gasteiger partial charge in [-0.2, -0.15) is 0 Å². The Morgan fingerprint density at radius 3 is 2.33 bits per heavy atom. The first-order valence-corrected chi connectivity index (χ1v) is 4.82. The summed E-state index contributed by atoms with van der Waals surface area (Å²) in [6.07, 6.45) is 1.91. The van der Waals surface area contributed by atoms with Crippen molar-refractivity contribution in [2.75, 3.05) is 33.2 Å². The molecule has 70 valence electrons. The second kappa shape index (κ2) is 2.98. The van der Waals surface area contributed by atoms with E-state index in [1.165, 1.54) is 0 Å². The first kappa shape index (κ1) is 8.48. The zero-order chi connectivity index (χ0) is 8.60. The predicted molar refractivity (Wildman–Crippen MR) is 48.0 cm³/mol. The molecule has 0 unspecified atom stereocenters. The van der Waals surface area contributed by atoms with E-state index < -0.39 is 0 Å². The number of aliphatic hydroxyl groups is 1. The summed E-state index contributed by atoms with van der Waals surface area (Å²) in [5.74, 6) is 0.520. The summed E-state index contributed by atoms with van der Waals surface area (Å²) in [5.41, 5.74) is -0.349. The lowest BCUT2D eigenvalue weighted by atomic mass is 9.76. The van der Waals surface area contributed by atoms with E-state index in [-0.39, 0.29) is 5.60 Å². The maximum absolute atomic E-state index is 10.2. The smallest absolute Gasteiger partial charge is 0.0724 e. The Bertz CT molecular complexity index is 160. The van der Waals surface area contributed by atoms with Crippen molar-refractivity contribution in [3.63, 3.8) is 0 Å². The lowest BCUT2D eigenvalue weighted by Crippen LogP contribution is -2.59. The SMILES string of the molecule is CN1CCC(O)(C2CNC2)CC1. The van der Waals surface area contributed by atoms with E-state index >= 15 is 0 Å². The van der Waals surface area contributed by atoms with E-state index in [4.69, 9.17) is 0 Å². The van der Waals surface area contributed by atoms with Gasteiger partial charge in [0.15, 0.2) is 0 Å². The van der Waals surface area contributed by atoms with Gasteiger partial charge < -0.3 is 15.3 Å². The van der Waals surface area contributed by atoms with Crippen LogP contribution < -0.4 is 5.32 Å². The molecule has 0 atom stereocenters. The summed E-state index contributed by atoms with van der Waals surface area (Å²) < 4.78 is 0. The molecule has 2 fully saturated rings. The van der Waals surface area contributed by atoms with Crippen LogP contribution >= 0.6 is 0 Å². The molecule has 2 saturated heterocycles. The van der Waals surface area contributed by atoms with Crippen molar-refractivity contribution in [3.05, 3.63) is 0 Å². The van der Waals surface area contributed by atoms with Gasteiger partial charge in [-0.05, 0) is 19.9 Å². The molecular weight excluding hydrogens is 152 g/mol. The summed E-state index contributed by atoms with van der Waals surface area (Å²) in [7, 11) is 2.12. The lowest BCUT2D eigenvalue weighted by Gasteiger charge is -2.46. The highest BCUT2D eigenvalue weighted by molar-refractivity contribution is 4.96. The van der Waals surface area contributed by atoms with Crippen LogP contribution in [0.3, 0.4) is 0 Å². The molecule has 0 saturated carbocycles. The van der Waals surface area contributed by atoms with Gasteiger partial charge in [-0.15, -0.1) is 0 Å². The number of likely N-dealkylation sites (tertiary alicyclic amines) is 1. The van der Waals surface area contributed by atoms with Crippen molar-refractivity contribution >= 4 is 0 Å². The Morgan fingerprint density at radius 1 is 1.33 bits per heavy atom. The van der Waals surface area contributed by atoms with E-state index in [1.807, 2.05) is 0 Å². The van der Waals surface area contributed by atoms with Gasteiger partial charge in [-0.3, -0.25) is 0 Å². The van der Waals surface area contributed by atoms with Crippen LogP contribution in [0.25, 0.3) is 0 Å². The van der Waals surface area contributed by atoms with Gasteiger partial charge in [0.25, 0.3) is 0 Å². The van der Waals surface area contributed by atoms with Crippen LogP contribution in [-0.4, -0.2) is 48.8 Å². The third-order valence-corrected chi connectivity index (χ3v) is 3.39. The molecule has 2 heterocycles.